The van der Waals surface area contributed by atoms with E-state index in [2.05, 4.69) is 10.1 Å². The second-order valence-corrected chi connectivity index (χ2v) is 8.68. The summed E-state index contributed by atoms with van der Waals surface area (Å²) in [6.45, 7) is 1.16. The van der Waals surface area contributed by atoms with Crippen LogP contribution in [0.3, 0.4) is 0 Å². The van der Waals surface area contributed by atoms with Gasteiger partial charge in [0.1, 0.15) is 5.82 Å². The Hall–Kier alpha value is -1.97. The van der Waals surface area contributed by atoms with E-state index in [0.717, 1.165) is 55.6 Å². The summed E-state index contributed by atoms with van der Waals surface area (Å²) in [6, 6.07) is 1.02. The molecule has 1 aliphatic carbocycles. The first kappa shape index (κ1) is 22.2. The van der Waals surface area contributed by atoms with Crippen molar-refractivity contribution in [2.45, 2.75) is 69.8 Å². The van der Waals surface area contributed by atoms with Gasteiger partial charge < -0.3 is 4.98 Å². The Kier molecular flexibility index (Phi) is 6.11. The van der Waals surface area contributed by atoms with Crippen LogP contribution in [0.25, 0.3) is 5.82 Å². The normalized spacial score (nSPS) is 20.5. The molecule has 10 heteroatoms. The molecule has 1 saturated carbocycles. The van der Waals surface area contributed by atoms with Gasteiger partial charge >= 0.3 is 12.4 Å². The Labute approximate surface area is 176 Å². The average molecular weight is 448 g/mol. The number of nitrogens with zero attached hydrogens (tertiary/aromatic N) is 3. The van der Waals surface area contributed by atoms with E-state index in [4.69, 9.17) is 0 Å². The van der Waals surface area contributed by atoms with Crippen LogP contribution >= 0.6 is 0 Å². The molecule has 0 radical (unpaired) electrons. The predicted octanol–water partition coefficient (Wildman–Crippen LogP) is 6.04. The van der Waals surface area contributed by atoms with Crippen LogP contribution in [-0.2, 0) is 12.7 Å². The van der Waals surface area contributed by atoms with Crippen LogP contribution in [0.15, 0.2) is 18.5 Å². The van der Waals surface area contributed by atoms with Crippen LogP contribution in [0.5, 0.6) is 0 Å². The van der Waals surface area contributed by atoms with Gasteiger partial charge in [-0.3, -0.25) is 4.90 Å². The van der Waals surface area contributed by atoms with E-state index in [1.807, 2.05) is 4.90 Å². The van der Waals surface area contributed by atoms with E-state index in [-0.39, 0.29) is 24.6 Å². The molecule has 172 valence electrons. The van der Waals surface area contributed by atoms with Crippen molar-refractivity contribution in [1.29, 1.82) is 0 Å². The van der Waals surface area contributed by atoms with Gasteiger partial charge in [-0.05, 0) is 44.8 Å². The van der Waals surface area contributed by atoms with Crippen molar-refractivity contribution in [2.24, 2.45) is 5.92 Å². The van der Waals surface area contributed by atoms with Crippen molar-refractivity contribution in [1.82, 2.24) is 19.7 Å². The van der Waals surface area contributed by atoms with Crippen LogP contribution in [0, 0.1) is 5.92 Å². The lowest BCUT2D eigenvalue weighted by molar-refractivity contribution is -0.185. The van der Waals surface area contributed by atoms with Gasteiger partial charge in [0, 0.05) is 30.4 Å². The van der Waals surface area contributed by atoms with E-state index in [9.17, 15) is 26.3 Å². The fourth-order valence-corrected chi connectivity index (χ4v) is 4.73. The van der Waals surface area contributed by atoms with Gasteiger partial charge in [-0.15, -0.1) is 0 Å². The summed E-state index contributed by atoms with van der Waals surface area (Å²) in [5.41, 5.74) is 0.981. The fraction of sp³-hybridized carbons (Fsp3) is 0.667. The maximum Gasteiger partial charge on any atom is 0.417 e. The summed E-state index contributed by atoms with van der Waals surface area (Å²) >= 11 is 0. The highest BCUT2D eigenvalue weighted by Gasteiger charge is 2.41. The molecule has 2 fully saturated rings. The monoisotopic (exact) mass is 448 g/mol. The van der Waals surface area contributed by atoms with Crippen molar-refractivity contribution in [3.8, 4) is 5.82 Å². The smallest absolute Gasteiger partial charge is 0.346 e. The molecule has 2 aliphatic rings. The molecule has 1 aliphatic heterocycles. The summed E-state index contributed by atoms with van der Waals surface area (Å²) in [4.78, 5) is 4.63. The number of hydrogen-bond acceptors (Lipinski definition) is 2. The highest BCUT2D eigenvalue weighted by atomic mass is 19.4. The van der Waals surface area contributed by atoms with E-state index in [1.54, 1.807) is 6.20 Å². The highest BCUT2D eigenvalue weighted by Crippen LogP contribution is 2.37. The molecule has 4 rings (SSSR count). The molecule has 2 aromatic heterocycles. The maximum absolute atomic E-state index is 13.0. The Bertz CT molecular complexity index is 867. The summed E-state index contributed by atoms with van der Waals surface area (Å²) in [6.07, 6.45) is -0.563. The number of nitrogens with one attached hydrogen (secondary N) is 1. The van der Waals surface area contributed by atoms with Crippen molar-refractivity contribution >= 4 is 0 Å². The van der Waals surface area contributed by atoms with Crippen LogP contribution in [-0.4, -0.2) is 38.9 Å². The number of piperidine rings is 1. The zero-order chi connectivity index (χ0) is 22.2. The quantitative estimate of drug-likeness (QED) is 0.579. The number of halogens is 6. The molecule has 3 heterocycles. The minimum atomic E-state index is -4.44. The van der Waals surface area contributed by atoms with Gasteiger partial charge in [0.25, 0.3) is 0 Å². The van der Waals surface area contributed by atoms with Gasteiger partial charge in [-0.2, -0.15) is 31.4 Å². The van der Waals surface area contributed by atoms with Crippen LogP contribution in [0.4, 0.5) is 26.3 Å². The fourth-order valence-electron chi connectivity index (χ4n) is 4.73. The molecule has 2 aromatic rings. The Balaban J connectivity index is 1.55. The number of alkyl halides is 6. The van der Waals surface area contributed by atoms with Crippen molar-refractivity contribution in [3.05, 3.63) is 35.3 Å². The molecule has 0 aromatic carbocycles. The summed E-state index contributed by atoms with van der Waals surface area (Å²) < 4.78 is 79.3. The third-order valence-corrected chi connectivity index (χ3v) is 6.50. The lowest BCUT2D eigenvalue weighted by Gasteiger charge is -2.33. The topological polar surface area (TPSA) is 36.9 Å². The Morgan fingerprint density at radius 2 is 1.65 bits per heavy atom. The van der Waals surface area contributed by atoms with Gasteiger partial charge in [0.05, 0.1) is 17.2 Å². The maximum atomic E-state index is 13.0. The second kappa shape index (κ2) is 8.52. The molecule has 0 unspecified atom stereocenters. The molecule has 0 spiro atoms. The van der Waals surface area contributed by atoms with Crippen molar-refractivity contribution < 1.29 is 26.3 Å². The van der Waals surface area contributed by atoms with E-state index >= 15 is 0 Å². The third kappa shape index (κ3) is 5.10. The zero-order valence-corrected chi connectivity index (χ0v) is 17.1. The molecule has 0 bridgehead atoms. The minimum absolute atomic E-state index is 0.0714. The predicted molar refractivity (Wildman–Crippen MR) is 103 cm³/mol. The number of aromatic amines is 1. The number of likely N-dealkylation sites (tertiary alicyclic amines) is 1. The molecular formula is C21H26F6N4. The van der Waals surface area contributed by atoms with E-state index in [0.29, 0.717) is 19.6 Å². The molecule has 31 heavy (non-hydrogen) atoms. The molecule has 0 amide bonds. The minimum Gasteiger partial charge on any atom is -0.346 e. The lowest BCUT2D eigenvalue weighted by Crippen LogP contribution is -2.38. The average Bonchev–Trinajstić information content (AvgIpc) is 3.36. The van der Waals surface area contributed by atoms with Crippen LogP contribution in [0.1, 0.15) is 67.7 Å². The molecule has 1 N–H and O–H groups in total. The van der Waals surface area contributed by atoms with E-state index < -0.39 is 23.8 Å². The summed E-state index contributed by atoms with van der Waals surface area (Å²) in [7, 11) is 0. The van der Waals surface area contributed by atoms with Gasteiger partial charge in [0.15, 0.2) is 0 Å². The van der Waals surface area contributed by atoms with Crippen LogP contribution in [0.2, 0.25) is 0 Å². The van der Waals surface area contributed by atoms with Gasteiger partial charge in [-0.1, -0.05) is 19.3 Å². The third-order valence-electron chi connectivity index (χ3n) is 6.50. The first-order chi connectivity index (χ1) is 14.6. The molecule has 4 nitrogen and oxygen atoms in total. The highest BCUT2D eigenvalue weighted by molar-refractivity contribution is 5.33. The van der Waals surface area contributed by atoms with Crippen molar-refractivity contribution in [3.63, 3.8) is 0 Å². The standard InChI is InChI=1S/C21H26F6N4/c22-20(23,24)16-6-8-30(9-7-16)12-15-13-31(18-10-17(11-28-18)21(25,26)27)29-19(15)14-4-2-1-3-5-14/h10-11,13-14,16,28H,1-9,12H2. The lowest BCUT2D eigenvalue weighted by atomic mass is 9.85. The van der Waals surface area contributed by atoms with Crippen LogP contribution < -0.4 is 0 Å². The first-order valence-electron chi connectivity index (χ1n) is 10.7. The molecular weight excluding hydrogens is 422 g/mol. The second-order valence-electron chi connectivity index (χ2n) is 8.68. The zero-order valence-electron chi connectivity index (χ0n) is 17.1. The summed E-state index contributed by atoms with van der Waals surface area (Å²) in [5, 5.41) is 4.63. The number of aromatic nitrogens is 3. The van der Waals surface area contributed by atoms with Gasteiger partial charge in [-0.25, -0.2) is 4.68 Å². The van der Waals surface area contributed by atoms with E-state index in [1.165, 1.54) is 4.68 Å². The number of rotatable bonds is 4. The first-order valence-corrected chi connectivity index (χ1v) is 10.7. The Morgan fingerprint density at radius 1 is 0.968 bits per heavy atom. The van der Waals surface area contributed by atoms with Crippen molar-refractivity contribution in [2.75, 3.05) is 13.1 Å². The molecule has 1 saturated heterocycles. The SMILES string of the molecule is FC(F)(F)c1c[nH]c(-n2cc(CN3CCC(C(F)(F)F)CC3)c(C3CCCCC3)n2)c1. The largest absolute Gasteiger partial charge is 0.417 e. The molecule has 0 atom stereocenters. The number of H-pyrrole nitrogens is 1. The summed E-state index contributed by atoms with van der Waals surface area (Å²) in [5.74, 6) is -0.801. The Morgan fingerprint density at radius 3 is 2.23 bits per heavy atom. The number of hydrogen-bond donors (Lipinski definition) is 1. The van der Waals surface area contributed by atoms with Gasteiger partial charge in [0.2, 0.25) is 0 Å².